The molecule has 0 heterocycles. The van der Waals surface area contributed by atoms with E-state index in [9.17, 15) is 5.26 Å². The Morgan fingerprint density at radius 1 is 1.00 bits per heavy atom. The molecule has 0 unspecified atom stereocenters. The van der Waals surface area contributed by atoms with E-state index < -0.39 is 16.6 Å². The van der Waals surface area contributed by atoms with Crippen LogP contribution in [0.25, 0.3) is 0 Å². The Morgan fingerprint density at radius 3 is 1.82 bits per heavy atom. The van der Waals surface area contributed by atoms with Crippen molar-refractivity contribution in [1.29, 1.82) is 5.26 Å². The van der Waals surface area contributed by atoms with Crippen LogP contribution in [0.4, 0.5) is 0 Å². The highest BCUT2D eigenvalue weighted by Crippen LogP contribution is 2.42. The SMILES string of the molecule is C#CC[C@H](O[Si](C)(C)C(C)(C)C)[C@H](CCC#N)[C@@H](C=C)O[Si](C)(C)C(C)(C)C. The molecule has 0 aliphatic carbocycles. The molecular formula is C23H43NO2Si2. The Kier molecular flexibility index (Phi) is 9.94. The van der Waals surface area contributed by atoms with Gasteiger partial charge in [-0.25, -0.2) is 0 Å². The van der Waals surface area contributed by atoms with Crippen LogP contribution in [-0.4, -0.2) is 28.8 Å². The fourth-order valence-electron chi connectivity index (χ4n) is 2.57. The second-order valence-corrected chi connectivity index (χ2v) is 20.3. The topological polar surface area (TPSA) is 42.2 Å². The first-order chi connectivity index (χ1) is 12.5. The molecule has 28 heavy (non-hydrogen) atoms. The molecule has 160 valence electrons. The summed E-state index contributed by atoms with van der Waals surface area (Å²) in [6.45, 7) is 26.4. The van der Waals surface area contributed by atoms with Gasteiger partial charge in [0.25, 0.3) is 0 Å². The summed E-state index contributed by atoms with van der Waals surface area (Å²) in [6.07, 6.45) is 8.99. The molecule has 0 fully saturated rings. The molecule has 0 saturated heterocycles. The highest BCUT2D eigenvalue weighted by Gasteiger charge is 2.44. The van der Waals surface area contributed by atoms with Crippen molar-refractivity contribution in [3.63, 3.8) is 0 Å². The lowest BCUT2D eigenvalue weighted by molar-refractivity contribution is 0.0464. The third-order valence-electron chi connectivity index (χ3n) is 6.53. The van der Waals surface area contributed by atoms with Gasteiger partial charge in [0.05, 0.1) is 18.3 Å². The lowest BCUT2D eigenvalue weighted by Gasteiger charge is -2.45. The van der Waals surface area contributed by atoms with Crippen molar-refractivity contribution in [3.8, 4) is 18.4 Å². The molecule has 0 aliphatic heterocycles. The minimum atomic E-state index is -2.02. The Morgan fingerprint density at radius 2 is 1.46 bits per heavy atom. The monoisotopic (exact) mass is 421 g/mol. The standard InChI is InChI=1S/C23H43NO2Si2/c1-13-16-21(26-28(11,12)23(6,7)8)19(17-15-18-24)20(14-2)25-27(9,10)22(3,4)5/h1,14,19-21H,2,15-17H2,3-12H3/t19-,20-,21+/m1/s1. The van der Waals surface area contributed by atoms with Gasteiger partial charge in [-0.15, -0.1) is 18.9 Å². The second kappa shape index (κ2) is 10.3. The van der Waals surface area contributed by atoms with E-state index in [0.29, 0.717) is 19.3 Å². The minimum Gasteiger partial charge on any atom is -0.413 e. The molecule has 0 spiro atoms. The van der Waals surface area contributed by atoms with Gasteiger partial charge in [-0.05, 0) is 42.7 Å². The van der Waals surface area contributed by atoms with Crippen LogP contribution in [0.2, 0.25) is 36.3 Å². The predicted molar refractivity (Wildman–Crippen MR) is 126 cm³/mol. The summed E-state index contributed by atoms with van der Waals surface area (Å²) in [5.74, 6) is 2.83. The van der Waals surface area contributed by atoms with Crippen molar-refractivity contribution >= 4 is 16.6 Å². The molecule has 0 bridgehead atoms. The molecule has 0 N–H and O–H groups in total. The van der Waals surface area contributed by atoms with E-state index in [1.54, 1.807) is 0 Å². The number of terminal acetylenes is 1. The summed E-state index contributed by atoms with van der Waals surface area (Å²) in [4.78, 5) is 0. The van der Waals surface area contributed by atoms with Crippen molar-refractivity contribution in [1.82, 2.24) is 0 Å². The third-order valence-corrected chi connectivity index (χ3v) is 15.5. The molecule has 5 heteroatoms. The van der Waals surface area contributed by atoms with Gasteiger partial charge in [-0.3, -0.25) is 0 Å². The van der Waals surface area contributed by atoms with E-state index >= 15 is 0 Å². The molecule has 0 radical (unpaired) electrons. The highest BCUT2D eigenvalue weighted by molar-refractivity contribution is 6.74. The second-order valence-electron chi connectivity index (χ2n) is 10.8. The van der Waals surface area contributed by atoms with Gasteiger partial charge in [-0.2, -0.15) is 5.26 Å². The quantitative estimate of drug-likeness (QED) is 0.219. The zero-order valence-corrected chi connectivity index (χ0v) is 22.0. The van der Waals surface area contributed by atoms with E-state index in [1.807, 2.05) is 6.08 Å². The van der Waals surface area contributed by atoms with Gasteiger partial charge < -0.3 is 8.85 Å². The molecule has 0 aromatic rings. The molecule has 0 amide bonds. The molecule has 0 aromatic heterocycles. The van der Waals surface area contributed by atoms with Crippen molar-refractivity contribution in [2.75, 3.05) is 0 Å². The number of hydrogen-bond donors (Lipinski definition) is 0. The van der Waals surface area contributed by atoms with Crippen LogP contribution in [0.5, 0.6) is 0 Å². The number of nitriles is 1. The largest absolute Gasteiger partial charge is 0.413 e. The van der Waals surface area contributed by atoms with Crippen LogP contribution >= 0.6 is 0 Å². The summed E-state index contributed by atoms with van der Waals surface area (Å²) < 4.78 is 13.5. The van der Waals surface area contributed by atoms with Crippen LogP contribution in [0.1, 0.15) is 60.8 Å². The maximum Gasteiger partial charge on any atom is 0.192 e. The molecule has 0 aromatic carbocycles. The molecule has 0 aliphatic rings. The summed E-state index contributed by atoms with van der Waals surface area (Å²) in [5, 5.41) is 9.40. The Balaban J connectivity index is 5.94. The molecular weight excluding hydrogens is 378 g/mol. The molecule has 0 saturated carbocycles. The van der Waals surface area contributed by atoms with Gasteiger partial charge in [0, 0.05) is 18.8 Å². The number of rotatable bonds is 10. The van der Waals surface area contributed by atoms with Gasteiger partial charge in [0.15, 0.2) is 16.6 Å². The van der Waals surface area contributed by atoms with Gasteiger partial charge >= 0.3 is 0 Å². The van der Waals surface area contributed by atoms with E-state index in [2.05, 4.69) is 86.3 Å². The van der Waals surface area contributed by atoms with Gasteiger partial charge in [0.2, 0.25) is 0 Å². The van der Waals surface area contributed by atoms with Gasteiger partial charge in [-0.1, -0.05) is 47.6 Å². The number of nitrogens with zero attached hydrogens (tertiary/aromatic N) is 1. The van der Waals surface area contributed by atoms with Crippen molar-refractivity contribution in [2.24, 2.45) is 5.92 Å². The van der Waals surface area contributed by atoms with E-state index in [0.717, 1.165) is 0 Å². The van der Waals surface area contributed by atoms with E-state index in [-0.39, 0.29) is 28.2 Å². The summed E-state index contributed by atoms with van der Waals surface area (Å²) in [7, 11) is -4.02. The van der Waals surface area contributed by atoms with Crippen molar-refractivity contribution in [3.05, 3.63) is 12.7 Å². The fourth-order valence-corrected chi connectivity index (χ4v) is 5.25. The average Bonchev–Trinajstić information content (AvgIpc) is 2.51. The maximum atomic E-state index is 9.22. The Bertz CT molecular complexity index is 586. The summed E-state index contributed by atoms with van der Waals surface area (Å²) >= 11 is 0. The first-order valence-corrected chi connectivity index (χ1v) is 16.1. The lowest BCUT2D eigenvalue weighted by atomic mass is 9.89. The molecule has 3 atom stereocenters. The predicted octanol–water partition coefficient (Wildman–Crippen LogP) is 6.90. The van der Waals surface area contributed by atoms with Crippen LogP contribution < -0.4 is 0 Å². The normalized spacial score (nSPS) is 16.6. The van der Waals surface area contributed by atoms with Crippen LogP contribution in [0, 0.1) is 29.6 Å². The van der Waals surface area contributed by atoms with Crippen LogP contribution in [-0.2, 0) is 8.85 Å². The molecule has 3 nitrogen and oxygen atoms in total. The Hall–Kier alpha value is -0.856. The zero-order valence-electron chi connectivity index (χ0n) is 20.0. The maximum absolute atomic E-state index is 9.22. The van der Waals surface area contributed by atoms with Crippen molar-refractivity contribution < 1.29 is 8.85 Å². The van der Waals surface area contributed by atoms with Crippen molar-refractivity contribution in [2.45, 2.75) is 109 Å². The molecule has 0 rings (SSSR count). The average molecular weight is 422 g/mol. The van der Waals surface area contributed by atoms with Crippen LogP contribution in [0.15, 0.2) is 12.7 Å². The van der Waals surface area contributed by atoms with Crippen LogP contribution in [0.3, 0.4) is 0 Å². The first-order valence-electron chi connectivity index (χ1n) is 10.3. The fraction of sp³-hybridized carbons (Fsp3) is 0.783. The Labute approximate surface area is 177 Å². The highest BCUT2D eigenvalue weighted by atomic mass is 28.4. The summed E-state index contributed by atoms with van der Waals surface area (Å²) in [6, 6.07) is 2.29. The lowest BCUT2D eigenvalue weighted by Crippen LogP contribution is -2.50. The minimum absolute atomic E-state index is 0.0245. The summed E-state index contributed by atoms with van der Waals surface area (Å²) in [5.41, 5.74) is 0. The first kappa shape index (κ1) is 27.1. The van der Waals surface area contributed by atoms with Gasteiger partial charge in [0.1, 0.15) is 0 Å². The third kappa shape index (κ3) is 7.52. The number of hydrogen-bond acceptors (Lipinski definition) is 3. The zero-order chi connectivity index (χ0) is 22.4. The smallest absolute Gasteiger partial charge is 0.192 e. The van der Waals surface area contributed by atoms with E-state index in [4.69, 9.17) is 15.3 Å². The van der Waals surface area contributed by atoms with E-state index in [1.165, 1.54) is 0 Å².